The Kier molecular flexibility index (Phi) is 6.05. The number of hydrogen-bond acceptors (Lipinski definition) is 5. The third-order valence-electron chi connectivity index (χ3n) is 5.86. The molecule has 0 aliphatic carbocycles. The van der Waals surface area contributed by atoms with Gasteiger partial charge in [0.25, 0.3) is 0 Å². The lowest BCUT2D eigenvalue weighted by Gasteiger charge is -2.37. The molecule has 2 aliphatic rings. The van der Waals surface area contributed by atoms with Crippen LogP contribution in [0.25, 0.3) is 0 Å². The van der Waals surface area contributed by atoms with Crippen LogP contribution in [0.1, 0.15) is 68.4 Å². The predicted octanol–water partition coefficient (Wildman–Crippen LogP) is 3.88. The number of aromatic nitrogens is 2. The van der Waals surface area contributed by atoms with Crippen LogP contribution in [0.3, 0.4) is 0 Å². The molecule has 23 heavy (non-hydrogen) atoms. The van der Waals surface area contributed by atoms with Gasteiger partial charge in [0.1, 0.15) is 10.0 Å². The molecule has 1 aromatic rings. The molecule has 0 bridgehead atoms. The van der Waals surface area contributed by atoms with Crippen LogP contribution >= 0.6 is 11.3 Å². The average Bonchev–Trinajstić information content (AvgIpc) is 3.00. The molecule has 0 amide bonds. The Morgan fingerprint density at radius 2 is 1.91 bits per heavy atom. The van der Waals surface area contributed by atoms with Gasteiger partial charge in [-0.25, -0.2) is 0 Å². The third-order valence-corrected chi connectivity index (χ3v) is 6.87. The van der Waals surface area contributed by atoms with Crippen molar-refractivity contribution in [1.82, 2.24) is 20.0 Å². The fourth-order valence-electron chi connectivity index (χ4n) is 4.10. The second kappa shape index (κ2) is 8.04. The van der Waals surface area contributed by atoms with E-state index < -0.39 is 0 Å². The zero-order valence-electron chi connectivity index (χ0n) is 15.0. The summed E-state index contributed by atoms with van der Waals surface area (Å²) in [6, 6.07) is 1.24. The van der Waals surface area contributed by atoms with Crippen molar-refractivity contribution in [2.24, 2.45) is 5.92 Å². The first kappa shape index (κ1) is 17.3. The number of nitrogens with zero attached hydrogens (tertiary/aromatic N) is 4. The Bertz CT molecular complexity index is 481. The van der Waals surface area contributed by atoms with E-state index in [-0.39, 0.29) is 0 Å². The second-order valence-corrected chi connectivity index (χ2v) is 8.70. The first-order chi connectivity index (χ1) is 11.1. The van der Waals surface area contributed by atoms with E-state index in [2.05, 4.69) is 33.8 Å². The van der Waals surface area contributed by atoms with Gasteiger partial charge >= 0.3 is 0 Å². The van der Waals surface area contributed by atoms with Gasteiger partial charge in [-0.3, -0.25) is 4.90 Å². The van der Waals surface area contributed by atoms with Crippen LogP contribution in [-0.4, -0.2) is 52.2 Å². The van der Waals surface area contributed by atoms with E-state index in [9.17, 15) is 0 Å². The van der Waals surface area contributed by atoms with Crippen LogP contribution in [-0.2, 0) is 0 Å². The number of piperidine rings is 2. The Labute approximate surface area is 145 Å². The molecule has 2 atom stereocenters. The standard InChI is InChI=1S/C18H32N4S/c1-14-6-4-5-10-21(14)11-7-17-8-12-22(13-9-17)15(2)18-20-19-16(3)23-18/h14-15,17H,4-13H2,1-3H3/t14-,15+/m1/s1. The number of aryl methyl sites for hydroxylation is 1. The Morgan fingerprint density at radius 1 is 1.13 bits per heavy atom. The molecular formula is C18H32N4S. The van der Waals surface area contributed by atoms with Gasteiger partial charge in [-0.15, -0.1) is 21.5 Å². The first-order valence-electron chi connectivity index (χ1n) is 9.41. The van der Waals surface area contributed by atoms with E-state index in [1.54, 1.807) is 11.3 Å². The van der Waals surface area contributed by atoms with Crippen molar-refractivity contribution in [2.75, 3.05) is 26.2 Å². The van der Waals surface area contributed by atoms with Crippen LogP contribution in [0.15, 0.2) is 0 Å². The summed E-state index contributed by atoms with van der Waals surface area (Å²) in [5.74, 6) is 0.920. The van der Waals surface area contributed by atoms with Gasteiger partial charge in [0.15, 0.2) is 0 Å². The SMILES string of the molecule is Cc1nnc([C@H](C)N2CCC(CCN3CCCC[C@H]3C)CC2)s1. The molecule has 130 valence electrons. The minimum Gasteiger partial charge on any atom is -0.301 e. The van der Waals surface area contributed by atoms with Crippen molar-refractivity contribution in [3.05, 3.63) is 10.0 Å². The average molecular weight is 337 g/mol. The second-order valence-electron chi connectivity index (χ2n) is 7.48. The summed E-state index contributed by atoms with van der Waals surface area (Å²) >= 11 is 1.75. The predicted molar refractivity (Wildman–Crippen MR) is 96.9 cm³/mol. The van der Waals surface area contributed by atoms with Gasteiger partial charge in [0, 0.05) is 6.04 Å². The normalized spacial score (nSPS) is 26.5. The number of likely N-dealkylation sites (tertiary alicyclic amines) is 2. The Balaban J connectivity index is 1.41. The zero-order valence-corrected chi connectivity index (χ0v) is 15.8. The highest BCUT2D eigenvalue weighted by molar-refractivity contribution is 7.11. The van der Waals surface area contributed by atoms with E-state index >= 15 is 0 Å². The molecule has 0 radical (unpaired) electrons. The smallest absolute Gasteiger partial charge is 0.134 e. The molecule has 2 aliphatic heterocycles. The molecule has 0 N–H and O–H groups in total. The fraction of sp³-hybridized carbons (Fsp3) is 0.889. The van der Waals surface area contributed by atoms with Crippen molar-refractivity contribution in [3.63, 3.8) is 0 Å². The van der Waals surface area contributed by atoms with E-state index in [1.807, 2.05) is 6.92 Å². The molecule has 2 fully saturated rings. The van der Waals surface area contributed by atoms with Crippen LogP contribution in [0.5, 0.6) is 0 Å². The topological polar surface area (TPSA) is 32.3 Å². The molecule has 3 heterocycles. The highest BCUT2D eigenvalue weighted by atomic mass is 32.1. The fourth-order valence-corrected chi connectivity index (χ4v) is 4.89. The monoisotopic (exact) mass is 336 g/mol. The summed E-state index contributed by atoms with van der Waals surface area (Å²) in [5.41, 5.74) is 0. The quantitative estimate of drug-likeness (QED) is 0.817. The molecule has 0 aromatic carbocycles. The molecule has 4 nitrogen and oxygen atoms in total. The van der Waals surface area contributed by atoms with Crippen molar-refractivity contribution in [3.8, 4) is 0 Å². The van der Waals surface area contributed by atoms with E-state index in [0.29, 0.717) is 6.04 Å². The molecule has 5 heteroatoms. The highest BCUT2D eigenvalue weighted by Crippen LogP contribution is 2.29. The Hall–Kier alpha value is -0.520. The molecule has 0 saturated carbocycles. The molecule has 0 spiro atoms. The molecule has 1 aromatic heterocycles. The highest BCUT2D eigenvalue weighted by Gasteiger charge is 2.26. The Morgan fingerprint density at radius 3 is 2.57 bits per heavy atom. The maximum atomic E-state index is 4.34. The lowest BCUT2D eigenvalue weighted by Crippen LogP contribution is -2.40. The van der Waals surface area contributed by atoms with E-state index in [1.165, 1.54) is 69.7 Å². The van der Waals surface area contributed by atoms with Gasteiger partial charge in [0.2, 0.25) is 0 Å². The van der Waals surface area contributed by atoms with Gasteiger partial charge < -0.3 is 4.90 Å². The number of hydrogen-bond donors (Lipinski definition) is 0. The van der Waals surface area contributed by atoms with Gasteiger partial charge in [-0.05, 0) is 85.0 Å². The minimum absolute atomic E-state index is 0.435. The van der Waals surface area contributed by atoms with Crippen LogP contribution in [0.4, 0.5) is 0 Å². The first-order valence-corrected chi connectivity index (χ1v) is 10.2. The zero-order chi connectivity index (χ0) is 16.2. The summed E-state index contributed by atoms with van der Waals surface area (Å²) in [5, 5.41) is 10.8. The lowest BCUT2D eigenvalue weighted by atomic mass is 9.92. The maximum Gasteiger partial charge on any atom is 0.134 e. The van der Waals surface area contributed by atoms with E-state index in [4.69, 9.17) is 0 Å². The largest absolute Gasteiger partial charge is 0.301 e. The maximum absolute atomic E-state index is 4.34. The van der Waals surface area contributed by atoms with Crippen molar-refractivity contribution in [2.45, 2.75) is 71.4 Å². The van der Waals surface area contributed by atoms with Gasteiger partial charge in [-0.2, -0.15) is 0 Å². The number of rotatable bonds is 5. The van der Waals surface area contributed by atoms with Gasteiger partial charge in [-0.1, -0.05) is 6.42 Å². The summed E-state index contributed by atoms with van der Waals surface area (Å²) in [6.07, 6.45) is 8.33. The molecule has 3 rings (SSSR count). The lowest BCUT2D eigenvalue weighted by molar-refractivity contribution is 0.112. The third kappa shape index (κ3) is 4.52. The molecule has 0 unspecified atom stereocenters. The minimum atomic E-state index is 0.435. The summed E-state index contributed by atoms with van der Waals surface area (Å²) in [4.78, 5) is 5.32. The van der Waals surface area contributed by atoms with Crippen molar-refractivity contribution < 1.29 is 0 Å². The van der Waals surface area contributed by atoms with Crippen LogP contribution in [0.2, 0.25) is 0 Å². The van der Waals surface area contributed by atoms with Crippen molar-refractivity contribution in [1.29, 1.82) is 0 Å². The van der Waals surface area contributed by atoms with Crippen LogP contribution in [0, 0.1) is 12.8 Å². The molecular weight excluding hydrogens is 304 g/mol. The van der Waals surface area contributed by atoms with Crippen LogP contribution < -0.4 is 0 Å². The summed E-state index contributed by atoms with van der Waals surface area (Å²) in [6.45, 7) is 11.8. The summed E-state index contributed by atoms with van der Waals surface area (Å²) < 4.78 is 0. The van der Waals surface area contributed by atoms with Gasteiger partial charge in [0.05, 0.1) is 6.04 Å². The molecule has 2 saturated heterocycles. The van der Waals surface area contributed by atoms with Crippen molar-refractivity contribution >= 4 is 11.3 Å². The van der Waals surface area contributed by atoms with E-state index in [0.717, 1.165) is 17.0 Å². The summed E-state index contributed by atoms with van der Waals surface area (Å²) in [7, 11) is 0.